The molecule has 0 saturated carbocycles. The standard InChI is InChI=1S/C12H18N2S/c1-9-3-4-11-12(10(9)2)14(6-5-13)7-8-15-11/h3-4H,5-8,13H2,1-2H3. The van der Waals surface area contributed by atoms with Crippen LogP contribution in [-0.4, -0.2) is 25.4 Å². The van der Waals surface area contributed by atoms with Crippen LogP contribution in [0.25, 0.3) is 0 Å². The van der Waals surface area contributed by atoms with Crippen molar-refractivity contribution in [2.24, 2.45) is 5.73 Å². The zero-order valence-corrected chi connectivity index (χ0v) is 10.2. The maximum absolute atomic E-state index is 5.66. The summed E-state index contributed by atoms with van der Waals surface area (Å²) in [6, 6.07) is 4.46. The molecule has 0 amide bonds. The lowest BCUT2D eigenvalue weighted by Crippen LogP contribution is -2.34. The van der Waals surface area contributed by atoms with E-state index in [0.29, 0.717) is 0 Å². The highest BCUT2D eigenvalue weighted by molar-refractivity contribution is 7.99. The summed E-state index contributed by atoms with van der Waals surface area (Å²) in [6.45, 7) is 7.22. The molecule has 0 unspecified atom stereocenters. The van der Waals surface area contributed by atoms with Crippen LogP contribution in [0.5, 0.6) is 0 Å². The molecule has 3 heteroatoms. The van der Waals surface area contributed by atoms with Gasteiger partial charge in [-0.3, -0.25) is 0 Å². The fourth-order valence-corrected chi connectivity index (χ4v) is 3.16. The molecule has 1 aromatic carbocycles. The first-order valence-electron chi connectivity index (χ1n) is 5.42. The van der Waals surface area contributed by atoms with Crippen LogP contribution in [0, 0.1) is 13.8 Å². The smallest absolute Gasteiger partial charge is 0.0537 e. The Labute approximate surface area is 95.8 Å². The third kappa shape index (κ3) is 1.99. The van der Waals surface area contributed by atoms with E-state index < -0.39 is 0 Å². The zero-order chi connectivity index (χ0) is 10.8. The Hall–Kier alpha value is -0.670. The second kappa shape index (κ2) is 4.45. The van der Waals surface area contributed by atoms with Crippen molar-refractivity contribution >= 4 is 17.4 Å². The van der Waals surface area contributed by atoms with E-state index in [2.05, 4.69) is 30.9 Å². The Morgan fingerprint density at radius 3 is 2.93 bits per heavy atom. The van der Waals surface area contributed by atoms with Gasteiger partial charge in [0.25, 0.3) is 0 Å². The molecule has 2 nitrogen and oxygen atoms in total. The first kappa shape index (κ1) is 10.8. The van der Waals surface area contributed by atoms with Gasteiger partial charge in [-0.15, -0.1) is 11.8 Å². The van der Waals surface area contributed by atoms with Crippen LogP contribution in [0.3, 0.4) is 0 Å². The number of rotatable bonds is 2. The normalized spacial score (nSPS) is 15.3. The highest BCUT2D eigenvalue weighted by Crippen LogP contribution is 2.38. The molecule has 0 atom stereocenters. The van der Waals surface area contributed by atoms with Crippen LogP contribution in [0.2, 0.25) is 0 Å². The van der Waals surface area contributed by atoms with E-state index in [0.717, 1.165) is 19.6 Å². The Kier molecular flexibility index (Phi) is 3.22. The number of hydrogen-bond acceptors (Lipinski definition) is 3. The predicted molar refractivity (Wildman–Crippen MR) is 67.9 cm³/mol. The third-order valence-corrected chi connectivity index (χ3v) is 4.03. The molecule has 1 aliphatic rings. The molecule has 0 spiro atoms. The molecule has 2 N–H and O–H groups in total. The molecule has 0 aromatic heterocycles. The lowest BCUT2D eigenvalue weighted by molar-refractivity contribution is 0.800. The van der Waals surface area contributed by atoms with Crippen LogP contribution in [-0.2, 0) is 0 Å². The van der Waals surface area contributed by atoms with E-state index in [1.165, 1.54) is 27.5 Å². The summed E-state index contributed by atoms with van der Waals surface area (Å²) in [7, 11) is 0. The van der Waals surface area contributed by atoms with Gasteiger partial charge in [-0.2, -0.15) is 0 Å². The highest BCUT2D eigenvalue weighted by Gasteiger charge is 2.19. The molecular weight excluding hydrogens is 204 g/mol. The van der Waals surface area contributed by atoms with Gasteiger partial charge in [-0.25, -0.2) is 0 Å². The molecule has 0 fully saturated rings. The molecule has 15 heavy (non-hydrogen) atoms. The molecule has 82 valence electrons. The molecule has 1 heterocycles. The van der Waals surface area contributed by atoms with Gasteiger partial charge < -0.3 is 10.6 Å². The Balaban J connectivity index is 2.43. The van der Waals surface area contributed by atoms with Crippen molar-refractivity contribution in [3.8, 4) is 0 Å². The molecular formula is C12H18N2S. The second-order valence-corrected chi connectivity index (χ2v) is 5.12. The molecule has 0 aliphatic carbocycles. The van der Waals surface area contributed by atoms with Crippen LogP contribution in [0.15, 0.2) is 17.0 Å². The van der Waals surface area contributed by atoms with Gasteiger partial charge in [0, 0.05) is 30.3 Å². The van der Waals surface area contributed by atoms with E-state index in [9.17, 15) is 0 Å². The maximum Gasteiger partial charge on any atom is 0.0537 e. The first-order chi connectivity index (χ1) is 7.24. The van der Waals surface area contributed by atoms with Gasteiger partial charge in [0.1, 0.15) is 0 Å². The topological polar surface area (TPSA) is 29.3 Å². The number of thioether (sulfide) groups is 1. The average molecular weight is 222 g/mol. The average Bonchev–Trinajstić information content (AvgIpc) is 2.24. The van der Waals surface area contributed by atoms with E-state index in [1.54, 1.807) is 0 Å². The van der Waals surface area contributed by atoms with Crippen molar-refractivity contribution in [1.29, 1.82) is 0 Å². The minimum absolute atomic E-state index is 0.734. The summed E-state index contributed by atoms with van der Waals surface area (Å²) < 4.78 is 0. The van der Waals surface area contributed by atoms with Crippen LogP contribution >= 0.6 is 11.8 Å². The van der Waals surface area contributed by atoms with Crippen molar-refractivity contribution in [2.45, 2.75) is 18.7 Å². The van der Waals surface area contributed by atoms with Crippen LogP contribution in [0.4, 0.5) is 5.69 Å². The zero-order valence-electron chi connectivity index (χ0n) is 9.42. The molecule has 0 radical (unpaired) electrons. The number of anilines is 1. The fourth-order valence-electron chi connectivity index (χ4n) is 2.04. The molecule has 1 aliphatic heterocycles. The summed E-state index contributed by atoms with van der Waals surface area (Å²) >= 11 is 1.96. The summed E-state index contributed by atoms with van der Waals surface area (Å²) in [4.78, 5) is 3.84. The molecule has 0 saturated heterocycles. The summed E-state index contributed by atoms with van der Waals surface area (Å²) in [6.07, 6.45) is 0. The minimum atomic E-state index is 0.734. The number of fused-ring (bicyclic) bond motifs is 1. The summed E-state index contributed by atoms with van der Waals surface area (Å²) in [5, 5.41) is 0. The number of hydrogen-bond donors (Lipinski definition) is 1. The van der Waals surface area contributed by atoms with Gasteiger partial charge in [0.2, 0.25) is 0 Å². The van der Waals surface area contributed by atoms with Crippen LogP contribution < -0.4 is 10.6 Å². The quantitative estimate of drug-likeness (QED) is 0.831. The Bertz CT molecular complexity index is 363. The molecule has 1 aromatic rings. The number of aryl methyl sites for hydroxylation is 1. The number of nitrogens with zero attached hydrogens (tertiary/aromatic N) is 1. The van der Waals surface area contributed by atoms with Gasteiger partial charge in [0.15, 0.2) is 0 Å². The number of nitrogens with two attached hydrogens (primary N) is 1. The van der Waals surface area contributed by atoms with E-state index in [-0.39, 0.29) is 0 Å². The van der Waals surface area contributed by atoms with Crippen molar-refractivity contribution in [3.63, 3.8) is 0 Å². The SMILES string of the molecule is Cc1ccc2c(c1C)N(CCN)CCS2. The summed E-state index contributed by atoms with van der Waals surface area (Å²) in [5.41, 5.74) is 9.85. The van der Waals surface area contributed by atoms with Gasteiger partial charge in [-0.05, 0) is 31.0 Å². The van der Waals surface area contributed by atoms with Crippen molar-refractivity contribution in [3.05, 3.63) is 23.3 Å². The van der Waals surface area contributed by atoms with Gasteiger partial charge >= 0.3 is 0 Å². The van der Waals surface area contributed by atoms with Gasteiger partial charge in [0.05, 0.1) is 5.69 Å². The van der Waals surface area contributed by atoms with Gasteiger partial charge in [-0.1, -0.05) is 6.07 Å². The third-order valence-electron chi connectivity index (χ3n) is 3.00. The lowest BCUT2D eigenvalue weighted by Gasteiger charge is -2.32. The monoisotopic (exact) mass is 222 g/mol. The fraction of sp³-hybridized carbons (Fsp3) is 0.500. The lowest BCUT2D eigenvalue weighted by atomic mass is 10.1. The Morgan fingerprint density at radius 2 is 2.20 bits per heavy atom. The first-order valence-corrected chi connectivity index (χ1v) is 6.40. The summed E-state index contributed by atoms with van der Waals surface area (Å²) in [5.74, 6) is 1.18. The largest absolute Gasteiger partial charge is 0.368 e. The highest BCUT2D eigenvalue weighted by atomic mass is 32.2. The number of benzene rings is 1. The van der Waals surface area contributed by atoms with E-state index in [4.69, 9.17) is 5.73 Å². The van der Waals surface area contributed by atoms with Crippen LogP contribution in [0.1, 0.15) is 11.1 Å². The van der Waals surface area contributed by atoms with E-state index in [1.807, 2.05) is 11.8 Å². The maximum atomic E-state index is 5.66. The molecule has 2 rings (SSSR count). The second-order valence-electron chi connectivity index (χ2n) is 3.98. The van der Waals surface area contributed by atoms with Crippen molar-refractivity contribution in [2.75, 3.05) is 30.3 Å². The van der Waals surface area contributed by atoms with Crippen molar-refractivity contribution < 1.29 is 0 Å². The molecule has 0 bridgehead atoms. The van der Waals surface area contributed by atoms with Crippen molar-refractivity contribution in [1.82, 2.24) is 0 Å². The predicted octanol–water partition coefficient (Wildman–Crippen LogP) is 2.17. The Morgan fingerprint density at radius 1 is 1.40 bits per heavy atom. The minimum Gasteiger partial charge on any atom is -0.368 e. The van der Waals surface area contributed by atoms with E-state index >= 15 is 0 Å².